The number of hydrogen-bond acceptors (Lipinski definition) is 5. The van der Waals surface area contributed by atoms with Crippen molar-refractivity contribution in [2.75, 3.05) is 12.8 Å². The molecule has 1 aromatic carbocycles. The van der Waals surface area contributed by atoms with Crippen molar-refractivity contribution < 1.29 is 18.5 Å². The Morgan fingerprint density at radius 2 is 2.00 bits per heavy atom. The number of anilines is 1. The van der Waals surface area contributed by atoms with E-state index in [-0.39, 0.29) is 17.1 Å². The van der Waals surface area contributed by atoms with Crippen LogP contribution in [0.25, 0.3) is 0 Å². The van der Waals surface area contributed by atoms with Crippen molar-refractivity contribution in [1.82, 2.24) is 4.72 Å². The summed E-state index contributed by atoms with van der Waals surface area (Å²) < 4.78 is 33.1. The maximum atomic E-state index is 13.5. The van der Waals surface area contributed by atoms with Gasteiger partial charge >= 0.3 is 5.97 Å². The minimum Gasteiger partial charge on any atom is -0.598 e. The Kier molecular flexibility index (Phi) is 6.32. The highest BCUT2D eigenvalue weighted by Gasteiger charge is 2.40. The lowest BCUT2D eigenvalue weighted by atomic mass is 9.89. The standard InChI is InChI=1S/C15H22ClFN2O3S/c1-14(2,3)23(21)19-15(4,8-11(20)22-5)9-6-7-10(17)13(18)12(9)16/h6-7,19H,8,18H2,1-5H3/t15?,23-/m1/s1. The Morgan fingerprint density at radius 3 is 2.48 bits per heavy atom. The third-order valence-corrected chi connectivity index (χ3v) is 5.48. The van der Waals surface area contributed by atoms with Gasteiger partial charge in [0.1, 0.15) is 10.6 Å². The van der Waals surface area contributed by atoms with Gasteiger partial charge in [0, 0.05) is 11.4 Å². The molecule has 0 saturated heterocycles. The number of rotatable bonds is 5. The van der Waals surface area contributed by atoms with Gasteiger partial charge in [0.05, 0.1) is 29.8 Å². The number of ether oxygens (including phenoxy) is 1. The quantitative estimate of drug-likeness (QED) is 0.476. The van der Waals surface area contributed by atoms with Crippen molar-refractivity contribution in [2.45, 2.75) is 44.4 Å². The van der Waals surface area contributed by atoms with Crippen LogP contribution in [0.15, 0.2) is 12.1 Å². The molecule has 0 amide bonds. The van der Waals surface area contributed by atoms with Gasteiger partial charge in [-0.1, -0.05) is 17.7 Å². The average Bonchev–Trinajstić information content (AvgIpc) is 2.43. The molecule has 130 valence electrons. The normalized spacial score (nSPS) is 15.8. The Hall–Kier alpha value is -1.02. The third kappa shape index (κ3) is 4.73. The predicted molar refractivity (Wildman–Crippen MR) is 90.8 cm³/mol. The summed E-state index contributed by atoms with van der Waals surface area (Å²) in [5.41, 5.74) is 4.65. The minimum absolute atomic E-state index is 0.0187. The first-order chi connectivity index (χ1) is 10.4. The van der Waals surface area contributed by atoms with Crippen LogP contribution >= 0.6 is 11.6 Å². The van der Waals surface area contributed by atoms with Gasteiger partial charge in [-0.3, -0.25) is 4.79 Å². The number of hydrogen-bond donors (Lipinski definition) is 2. The summed E-state index contributed by atoms with van der Waals surface area (Å²) in [6.07, 6.45) is -0.143. The van der Waals surface area contributed by atoms with Gasteiger partial charge in [-0.25, -0.2) is 4.39 Å². The van der Waals surface area contributed by atoms with E-state index in [1.807, 2.05) is 0 Å². The molecule has 5 nitrogen and oxygen atoms in total. The van der Waals surface area contributed by atoms with E-state index < -0.39 is 33.4 Å². The fourth-order valence-electron chi connectivity index (χ4n) is 1.90. The lowest BCUT2D eigenvalue weighted by Gasteiger charge is -2.35. The predicted octanol–water partition coefficient (Wildman–Crippen LogP) is 2.89. The Labute approximate surface area is 144 Å². The zero-order valence-corrected chi connectivity index (χ0v) is 15.4. The number of carbonyl (C=O) groups excluding carboxylic acids is 1. The summed E-state index contributed by atoms with van der Waals surface area (Å²) in [7, 11) is 1.25. The summed E-state index contributed by atoms with van der Waals surface area (Å²) >= 11 is 4.65. The summed E-state index contributed by atoms with van der Waals surface area (Å²) in [5, 5.41) is -0.0187. The molecule has 0 aliphatic heterocycles. The molecule has 0 spiro atoms. The molecule has 3 N–H and O–H groups in total. The second-order valence-electron chi connectivity index (χ2n) is 6.39. The van der Waals surface area contributed by atoms with E-state index in [2.05, 4.69) is 4.72 Å². The molecule has 1 rings (SSSR count). The Bertz CT molecular complexity index is 595. The summed E-state index contributed by atoms with van der Waals surface area (Å²) in [6, 6.07) is 2.58. The molecule has 0 aliphatic carbocycles. The van der Waals surface area contributed by atoms with Crippen molar-refractivity contribution in [3.8, 4) is 0 Å². The van der Waals surface area contributed by atoms with Crippen LogP contribution in [0.4, 0.5) is 10.1 Å². The van der Waals surface area contributed by atoms with E-state index in [0.717, 1.165) is 6.07 Å². The van der Waals surface area contributed by atoms with Gasteiger partial charge < -0.3 is 15.0 Å². The van der Waals surface area contributed by atoms with Gasteiger partial charge in [0.2, 0.25) is 0 Å². The molecule has 8 heteroatoms. The van der Waals surface area contributed by atoms with Crippen LogP contribution in [0, 0.1) is 5.82 Å². The molecule has 2 atom stereocenters. The Balaban J connectivity index is 3.35. The number of halogens is 2. The summed E-state index contributed by atoms with van der Waals surface area (Å²) in [4.78, 5) is 11.8. The lowest BCUT2D eigenvalue weighted by Crippen LogP contribution is -2.51. The van der Waals surface area contributed by atoms with Crippen molar-refractivity contribution in [3.05, 3.63) is 28.5 Å². The number of nitrogens with two attached hydrogens (primary N) is 1. The molecule has 0 saturated carbocycles. The number of nitrogen functional groups attached to an aromatic ring is 1. The fourth-order valence-corrected chi connectivity index (χ4v) is 3.16. The minimum atomic E-state index is -1.50. The number of carbonyl (C=O) groups is 1. The number of methoxy groups -OCH3 is 1. The monoisotopic (exact) mass is 364 g/mol. The molecule has 0 fully saturated rings. The van der Waals surface area contributed by atoms with Crippen LogP contribution in [0.1, 0.15) is 39.7 Å². The van der Waals surface area contributed by atoms with Gasteiger partial charge in [-0.05, 0) is 39.3 Å². The van der Waals surface area contributed by atoms with Crippen LogP contribution in [-0.2, 0) is 26.4 Å². The van der Waals surface area contributed by atoms with Crippen molar-refractivity contribution >= 4 is 34.6 Å². The van der Waals surface area contributed by atoms with Gasteiger partial charge in [-0.15, -0.1) is 4.72 Å². The third-order valence-electron chi connectivity index (χ3n) is 3.32. The Morgan fingerprint density at radius 1 is 1.43 bits per heavy atom. The van der Waals surface area contributed by atoms with E-state index in [4.69, 9.17) is 22.1 Å². The number of nitrogens with one attached hydrogen (secondary N) is 1. The van der Waals surface area contributed by atoms with E-state index in [9.17, 15) is 13.7 Å². The summed E-state index contributed by atoms with van der Waals surface area (Å²) in [5.74, 6) is -1.18. The van der Waals surface area contributed by atoms with Gasteiger partial charge in [0.15, 0.2) is 0 Å². The second kappa shape index (κ2) is 7.25. The van der Waals surface area contributed by atoms with Crippen molar-refractivity contribution in [2.24, 2.45) is 0 Å². The van der Waals surface area contributed by atoms with Crippen LogP contribution in [0.5, 0.6) is 0 Å². The maximum Gasteiger partial charge on any atom is 0.307 e. The zero-order valence-electron chi connectivity index (χ0n) is 13.8. The fraction of sp³-hybridized carbons (Fsp3) is 0.533. The summed E-state index contributed by atoms with van der Waals surface area (Å²) in [6.45, 7) is 7.01. The van der Waals surface area contributed by atoms with Crippen LogP contribution in [-0.4, -0.2) is 22.4 Å². The van der Waals surface area contributed by atoms with Crippen LogP contribution < -0.4 is 10.5 Å². The molecule has 0 aromatic heterocycles. The maximum absolute atomic E-state index is 13.5. The molecule has 23 heavy (non-hydrogen) atoms. The molecular formula is C15H22ClFN2O3S. The first-order valence-corrected chi connectivity index (χ1v) is 8.45. The zero-order chi connectivity index (χ0) is 18.0. The molecule has 1 unspecified atom stereocenters. The SMILES string of the molecule is COC(=O)CC(C)(N[S@+]([O-])C(C)(C)C)c1ccc(F)c(N)c1Cl. The van der Waals surface area contributed by atoms with Gasteiger partial charge in [-0.2, -0.15) is 0 Å². The van der Waals surface area contributed by atoms with Crippen molar-refractivity contribution in [3.63, 3.8) is 0 Å². The van der Waals surface area contributed by atoms with E-state index >= 15 is 0 Å². The molecule has 0 radical (unpaired) electrons. The van der Waals surface area contributed by atoms with Crippen molar-refractivity contribution in [1.29, 1.82) is 0 Å². The number of esters is 1. The first kappa shape index (κ1) is 20.0. The van der Waals surface area contributed by atoms with Gasteiger partial charge in [0.25, 0.3) is 0 Å². The first-order valence-electron chi connectivity index (χ1n) is 6.93. The van der Waals surface area contributed by atoms with E-state index in [0.29, 0.717) is 5.56 Å². The molecule has 0 heterocycles. The average molecular weight is 365 g/mol. The highest BCUT2D eigenvalue weighted by Crippen LogP contribution is 2.37. The molecular weight excluding hydrogens is 343 g/mol. The van der Waals surface area contributed by atoms with E-state index in [1.165, 1.54) is 13.2 Å². The van der Waals surface area contributed by atoms with E-state index in [1.54, 1.807) is 27.7 Å². The lowest BCUT2D eigenvalue weighted by molar-refractivity contribution is -0.142. The topological polar surface area (TPSA) is 87.4 Å². The number of benzene rings is 1. The molecule has 0 aliphatic rings. The van der Waals surface area contributed by atoms with Crippen LogP contribution in [0.2, 0.25) is 5.02 Å². The van der Waals surface area contributed by atoms with Crippen LogP contribution in [0.3, 0.4) is 0 Å². The molecule has 1 aromatic rings. The largest absolute Gasteiger partial charge is 0.598 e. The second-order valence-corrected chi connectivity index (χ2v) is 8.74. The molecule has 0 bridgehead atoms. The highest BCUT2D eigenvalue weighted by molar-refractivity contribution is 7.90. The smallest absolute Gasteiger partial charge is 0.307 e. The highest BCUT2D eigenvalue weighted by atomic mass is 35.5.